The lowest BCUT2D eigenvalue weighted by Gasteiger charge is -2.36. The van der Waals surface area contributed by atoms with E-state index in [4.69, 9.17) is 0 Å². The Morgan fingerprint density at radius 3 is 2.47 bits per heavy atom. The summed E-state index contributed by atoms with van der Waals surface area (Å²) in [7, 11) is -3.60. The zero-order chi connectivity index (χ0) is 21.1. The van der Waals surface area contributed by atoms with Crippen LogP contribution in [0.2, 0.25) is 0 Å². The Labute approximate surface area is 178 Å². The van der Waals surface area contributed by atoms with Crippen LogP contribution in [0.5, 0.6) is 0 Å². The number of nitrogens with one attached hydrogen (secondary N) is 2. The zero-order valence-corrected chi connectivity index (χ0v) is 18.0. The minimum Gasteiger partial charge on any atom is -0.367 e. The van der Waals surface area contributed by atoms with Gasteiger partial charge in [-0.25, -0.2) is 13.1 Å². The second-order valence-electron chi connectivity index (χ2n) is 7.82. The van der Waals surface area contributed by atoms with Gasteiger partial charge in [-0.15, -0.1) is 0 Å². The Hall–Kier alpha value is -2.42. The number of rotatable bonds is 7. The maximum atomic E-state index is 12.9. The molecule has 0 bridgehead atoms. The summed E-state index contributed by atoms with van der Waals surface area (Å²) in [6, 6.07) is 14.0. The van der Waals surface area contributed by atoms with Gasteiger partial charge < -0.3 is 15.1 Å². The molecule has 0 spiro atoms. The quantitative estimate of drug-likeness (QED) is 0.708. The molecule has 2 aromatic carbocycles. The van der Waals surface area contributed by atoms with Crippen LogP contribution >= 0.6 is 0 Å². The highest BCUT2D eigenvalue weighted by atomic mass is 32.2. The van der Waals surface area contributed by atoms with Gasteiger partial charge in [0.2, 0.25) is 10.0 Å². The monoisotopic (exact) mass is 428 g/mol. The molecule has 1 aliphatic heterocycles. The molecule has 2 N–H and O–H groups in total. The fraction of sp³-hybridized carbons (Fsp3) is 0.409. The van der Waals surface area contributed by atoms with Crippen LogP contribution in [-0.2, 0) is 10.0 Å². The maximum absolute atomic E-state index is 12.9. The average Bonchev–Trinajstić information content (AvgIpc) is 3.58. The van der Waals surface area contributed by atoms with E-state index < -0.39 is 10.0 Å². The van der Waals surface area contributed by atoms with Gasteiger partial charge in [-0.2, -0.15) is 0 Å². The van der Waals surface area contributed by atoms with E-state index in [1.54, 1.807) is 12.1 Å². The number of carbonyl (C=O) groups excluding carboxylic acids is 1. The van der Waals surface area contributed by atoms with Crippen molar-refractivity contribution in [2.45, 2.75) is 30.7 Å². The van der Waals surface area contributed by atoms with Crippen molar-refractivity contribution in [2.24, 2.45) is 0 Å². The van der Waals surface area contributed by atoms with Gasteiger partial charge in [0.25, 0.3) is 5.91 Å². The second kappa shape index (κ2) is 8.75. The molecule has 1 saturated heterocycles. The lowest BCUT2D eigenvalue weighted by atomic mass is 10.1. The Kier molecular flexibility index (Phi) is 6.08. The van der Waals surface area contributed by atoms with E-state index in [2.05, 4.69) is 26.8 Å². The first-order valence-corrected chi connectivity index (χ1v) is 11.9. The molecule has 1 amide bonds. The number of amides is 1. The molecule has 0 aromatic heterocycles. The number of para-hydroxylation sites is 2. The topological polar surface area (TPSA) is 81.8 Å². The predicted octanol–water partition coefficient (Wildman–Crippen LogP) is 2.52. The number of anilines is 2. The van der Waals surface area contributed by atoms with Crippen LogP contribution in [0.1, 0.15) is 30.1 Å². The predicted molar refractivity (Wildman–Crippen MR) is 119 cm³/mol. The molecule has 2 aliphatic rings. The highest BCUT2D eigenvalue weighted by Crippen LogP contribution is 2.27. The highest BCUT2D eigenvalue weighted by Gasteiger charge is 2.28. The molecule has 1 saturated carbocycles. The van der Waals surface area contributed by atoms with Crippen LogP contribution in [0.3, 0.4) is 0 Å². The van der Waals surface area contributed by atoms with Crippen molar-refractivity contribution in [1.29, 1.82) is 0 Å². The normalized spacial score (nSPS) is 17.7. The number of hydrogen-bond donors (Lipinski definition) is 2. The third-order valence-electron chi connectivity index (χ3n) is 5.62. The van der Waals surface area contributed by atoms with Gasteiger partial charge in [-0.1, -0.05) is 25.1 Å². The van der Waals surface area contributed by atoms with Crippen molar-refractivity contribution < 1.29 is 13.2 Å². The van der Waals surface area contributed by atoms with Gasteiger partial charge in [0.15, 0.2) is 0 Å². The first-order valence-electron chi connectivity index (χ1n) is 10.5. The molecule has 2 aromatic rings. The average molecular weight is 429 g/mol. The molecule has 7 nitrogen and oxygen atoms in total. The van der Waals surface area contributed by atoms with E-state index in [0.717, 1.165) is 56.9 Å². The van der Waals surface area contributed by atoms with Gasteiger partial charge in [0, 0.05) is 37.8 Å². The van der Waals surface area contributed by atoms with Crippen LogP contribution in [0.15, 0.2) is 53.4 Å². The Bertz CT molecular complexity index is 1010. The molecule has 30 heavy (non-hydrogen) atoms. The summed E-state index contributed by atoms with van der Waals surface area (Å²) in [5.74, 6) is -0.321. The largest absolute Gasteiger partial charge is 0.367 e. The van der Waals surface area contributed by atoms with Crippen molar-refractivity contribution in [3.8, 4) is 0 Å². The number of hydrogen-bond acceptors (Lipinski definition) is 5. The zero-order valence-electron chi connectivity index (χ0n) is 17.2. The summed E-state index contributed by atoms with van der Waals surface area (Å²) in [6.07, 6.45) is 1.73. The minimum atomic E-state index is -3.60. The van der Waals surface area contributed by atoms with Crippen LogP contribution in [0, 0.1) is 0 Å². The number of nitrogens with zero attached hydrogens (tertiary/aromatic N) is 2. The summed E-state index contributed by atoms with van der Waals surface area (Å²) >= 11 is 0. The lowest BCUT2D eigenvalue weighted by Crippen LogP contribution is -2.46. The minimum absolute atomic E-state index is 0.0209. The van der Waals surface area contributed by atoms with Crippen molar-refractivity contribution in [2.75, 3.05) is 42.9 Å². The first kappa shape index (κ1) is 20.8. The van der Waals surface area contributed by atoms with Crippen LogP contribution < -0.4 is 14.9 Å². The van der Waals surface area contributed by atoms with Gasteiger partial charge in [-0.3, -0.25) is 4.79 Å². The van der Waals surface area contributed by atoms with Crippen LogP contribution in [0.25, 0.3) is 0 Å². The Morgan fingerprint density at radius 2 is 1.77 bits per heavy atom. The summed E-state index contributed by atoms with van der Waals surface area (Å²) in [5.41, 5.74) is 2.04. The van der Waals surface area contributed by atoms with E-state index >= 15 is 0 Å². The Balaban J connectivity index is 1.50. The van der Waals surface area contributed by atoms with Crippen molar-refractivity contribution in [1.82, 2.24) is 9.62 Å². The van der Waals surface area contributed by atoms with Gasteiger partial charge in [0.05, 0.1) is 16.3 Å². The molecule has 1 aliphatic carbocycles. The van der Waals surface area contributed by atoms with Crippen molar-refractivity contribution in [3.63, 3.8) is 0 Å². The van der Waals surface area contributed by atoms with E-state index in [-0.39, 0.29) is 16.8 Å². The van der Waals surface area contributed by atoms with Gasteiger partial charge in [0.1, 0.15) is 0 Å². The number of benzene rings is 2. The molecule has 4 rings (SSSR count). The van der Waals surface area contributed by atoms with Crippen molar-refractivity contribution >= 4 is 27.3 Å². The standard InChI is InChI=1S/C22H28N4O3S/c1-2-25-12-14-26(15-13-25)21-9-4-3-8-20(21)23-22(27)17-6-5-7-19(16-17)30(28,29)24-18-10-11-18/h3-9,16,18,24H,2,10-15H2,1H3,(H,23,27). The molecule has 160 valence electrons. The molecule has 0 radical (unpaired) electrons. The molecular weight excluding hydrogens is 400 g/mol. The fourth-order valence-corrected chi connectivity index (χ4v) is 5.00. The van der Waals surface area contributed by atoms with Crippen LogP contribution in [0.4, 0.5) is 11.4 Å². The second-order valence-corrected chi connectivity index (χ2v) is 9.53. The van der Waals surface area contributed by atoms with Crippen molar-refractivity contribution in [3.05, 3.63) is 54.1 Å². The summed E-state index contributed by atoms with van der Waals surface area (Å²) in [4.78, 5) is 17.7. The van der Waals surface area contributed by atoms with Gasteiger partial charge in [-0.05, 0) is 49.7 Å². The smallest absolute Gasteiger partial charge is 0.255 e. The van der Waals surface area contributed by atoms with E-state index in [1.807, 2.05) is 24.3 Å². The van der Waals surface area contributed by atoms with Crippen LogP contribution in [-0.4, -0.2) is 58.0 Å². The Morgan fingerprint density at radius 1 is 1.03 bits per heavy atom. The molecule has 8 heteroatoms. The van der Waals surface area contributed by atoms with E-state index in [1.165, 1.54) is 12.1 Å². The maximum Gasteiger partial charge on any atom is 0.255 e. The number of likely N-dealkylation sites (N-methyl/N-ethyl adjacent to an activating group) is 1. The highest BCUT2D eigenvalue weighted by molar-refractivity contribution is 7.89. The molecular formula is C22H28N4O3S. The number of sulfonamides is 1. The SMILES string of the molecule is CCN1CCN(c2ccccc2NC(=O)c2cccc(S(=O)(=O)NC3CC3)c2)CC1. The summed E-state index contributed by atoms with van der Waals surface area (Å²) in [6.45, 7) is 7.00. The summed E-state index contributed by atoms with van der Waals surface area (Å²) < 4.78 is 27.6. The molecule has 2 fully saturated rings. The van der Waals surface area contributed by atoms with E-state index in [9.17, 15) is 13.2 Å². The number of carbonyl (C=O) groups is 1. The van der Waals surface area contributed by atoms with Gasteiger partial charge >= 0.3 is 0 Å². The molecule has 0 atom stereocenters. The first-order chi connectivity index (χ1) is 14.5. The fourth-order valence-electron chi connectivity index (χ4n) is 3.65. The van der Waals surface area contributed by atoms with E-state index in [0.29, 0.717) is 5.56 Å². The third-order valence-corrected chi connectivity index (χ3v) is 7.14. The molecule has 1 heterocycles. The summed E-state index contributed by atoms with van der Waals surface area (Å²) in [5, 5.41) is 2.97. The third kappa shape index (κ3) is 4.83. The molecule has 0 unspecified atom stereocenters. The lowest BCUT2D eigenvalue weighted by molar-refractivity contribution is 0.102. The number of piperazine rings is 1.